The topological polar surface area (TPSA) is 33.6 Å². The van der Waals surface area contributed by atoms with Gasteiger partial charge in [0.15, 0.2) is 0 Å². The molecule has 2 aromatic carbocycles. The fourth-order valence-corrected chi connectivity index (χ4v) is 3.44. The van der Waals surface area contributed by atoms with Crippen LogP contribution in [0.1, 0.15) is 24.5 Å². The van der Waals surface area contributed by atoms with Gasteiger partial charge in [0.2, 0.25) is 6.23 Å². The van der Waals surface area contributed by atoms with Gasteiger partial charge in [0, 0.05) is 16.6 Å². The molecule has 2 heterocycles. The van der Waals surface area contributed by atoms with Crippen molar-refractivity contribution in [3.8, 4) is 0 Å². The summed E-state index contributed by atoms with van der Waals surface area (Å²) in [5.74, 6) is 0. The highest BCUT2D eigenvalue weighted by Crippen LogP contribution is 2.46. The SMILES string of the molecule is CC12CC(c3ccc(Br)cc3)=NOC1Nc1ccccc12. The zero-order valence-electron chi connectivity index (χ0n) is 11.6. The van der Waals surface area contributed by atoms with E-state index in [1.54, 1.807) is 0 Å². The number of halogens is 1. The van der Waals surface area contributed by atoms with Crippen molar-refractivity contribution in [3.05, 3.63) is 64.1 Å². The molecule has 0 saturated heterocycles. The molecule has 3 nitrogen and oxygen atoms in total. The van der Waals surface area contributed by atoms with Gasteiger partial charge >= 0.3 is 0 Å². The summed E-state index contributed by atoms with van der Waals surface area (Å²) in [6, 6.07) is 16.6. The molecule has 4 heteroatoms. The lowest BCUT2D eigenvalue weighted by Gasteiger charge is -2.34. The van der Waals surface area contributed by atoms with E-state index in [2.05, 4.69) is 63.7 Å². The van der Waals surface area contributed by atoms with Crippen molar-refractivity contribution in [2.45, 2.75) is 25.0 Å². The van der Waals surface area contributed by atoms with Crippen LogP contribution in [-0.2, 0) is 10.3 Å². The van der Waals surface area contributed by atoms with E-state index >= 15 is 0 Å². The van der Waals surface area contributed by atoms with Crippen molar-refractivity contribution in [1.82, 2.24) is 0 Å². The molecule has 2 aliphatic rings. The maximum atomic E-state index is 5.75. The molecule has 0 bridgehead atoms. The summed E-state index contributed by atoms with van der Waals surface area (Å²) in [6.45, 7) is 2.24. The lowest BCUT2D eigenvalue weighted by atomic mass is 9.77. The van der Waals surface area contributed by atoms with E-state index in [-0.39, 0.29) is 11.6 Å². The summed E-state index contributed by atoms with van der Waals surface area (Å²) in [5.41, 5.74) is 4.49. The Labute approximate surface area is 132 Å². The number of nitrogens with zero attached hydrogens (tertiary/aromatic N) is 1. The Balaban J connectivity index is 1.73. The van der Waals surface area contributed by atoms with E-state index < -0.39 is 0 Å². The monoisotopic (exact) mass is 342 g/mol. The zero-order valence-corrected chi connectivity index (χ0v) is 13.2. The van der Waals surface area contributed by atoms with Crippen LogP contribution in [0.15, 0.2) is 58.2 Å². The fourth-order valence-electron chi connectivity index (χ4n) is 3.17. The average molecular weight is 343 g/mol. The molecule has 0 spiro atoms. The Kier molecular flexibility index (Phi) is 2.82. The Morgan fingerprint density at radius 2 is 1.95 bits per heavy atom. The minimum Gasteiger partial charge on any atom is -0.370 e. The van der Waals surface area contributed by atoms with Crippen LogP contribution in [0.25, 0.3) is 0 Å². The second kappa shape index (κ2) is 4.60. The van der Waals surface area contributed by atoms with Crippen molar-refractivity contribution in [3.63, 3.8) is 0 Å². The highest BCUT2D eigenvalue weighted by molar-refractivity contribution is 9.10. The Bertz CT molecular complexity index is 726. The molecule has 2 aromatic rings. The molecule has 21 heavy (non-hydrogen) atoms. The number of benzene rings is 2. The van der Waals surface area contributed by atoms with Crippen molar-refractivity contribution < 1.29 is 4.84 Å². The molecule has 1 N–H and O–H groups in total. The first-order valence-electron chi connectivity index (χ1n) is 7.01. The molecule has 2 unspecified atom stereocenters. The molecular weight excluding hydrogens is 328 g/mol. The predicted octanol–water partition coefficient (Wildman–Crippen LogP) is 4.28. The van der Waals surface area contributed by atoms with Gasteiger partial charge in [-0.05, 0) is 36.2 Å². The minimum absolute atomic E-state index is 0.0826. The van der Waals surface area contributed by atoms with Crippen LogP contribution in [0.3, 0.4) is 0 Å². The Hall–Kier alpha value is -1.81. The lowest BCUT2D eigenvalue weighted by molar-refractivity contribution is 0.0203. The summed E-state index contributed by atoms with van der Waals surface area (Å²) >= 11 is 3.47. The summed E-state index contributed by atoms with van der Waals surface area (Å²) in [7, 11) is 0. The molecule has 0 saturated carbocycles. The standard InChI is InChI=1S/C17H15BrN2O/c1-17-10-15(11-6-8-12(18)9-7-11)20-21-16(17)19-14-5-3-2-4-13(14)17/h2-9,16,19H,10H2,1H3. The first-order valence-corrected chi connectivity index (χ1v) is 7.81. The lowest BCUT2D eigenvalue weighted by Crippen LogP contribution is -2.42. The van der Waals surface area contributed by atoms with Crippen molar-refractivity contribution >= 4 is 27.3 Å². The zero-order chi connectivity index (χ0) is 14.4. The van der Waals surface area contributed by atoms with Gasteiger partial charge in [-0.2, -0.15) is 0 Å². The number of para-hydroxylation sites is 1. The van der Waals surface area contributed by atoms with Crippen LogP contribution in [0, 0.1) is 0 Å². The van der Waals surface area contributed by atoms with Crippen LogP contribution < -0.4 is 5.32 Å². The van der Waals surface area contributed by atoms with Crippen molar-refractivity contribution in [2.75, 3.05) is 5.32 Å². The first kappa shape index (κ1) is 12.9. The molecule has 0 amide bonds. The molecule has 0 radical (unpaired) electrons. The third-order valence-electron chi connectivity index (χ3n) is 4.39. The number of rotatable bonds is 1. The minimum atomic E-state index is -0.0888. The Morgan fingerprint density at radius 1 is 1.19 bits per heavy atom. The van der Waals surface area contributed by atoms with E-state index in [0.717, 1.165) is 27.9 Å². The number of oxime groups is 1. The highest BCUT2D eigenvalue weighted by Gasteiger charge is 2.48. The third kappa shape index (κ3) is 1.97. The van der Waals surface area contributed by atoms with Crippen molar-refractivity contribution in [1.29, 1.82) is 0 Å². The number of hydrogen-bond donors (Lipinski definition) is 1. The molecule has 0 aromatic heterocycles. The highest BCUT2D eigenvalue weighted by atomic mass is 79.9. The quantitative estimate of drug-likeness (QED) is 0.838. The number of anilines is 1. The maximum absolute atomic E-state index is 5.75. The van der Waals surface area contributed by atoms with E-state index in [1.807, 2.05) is 18.2 Å². The van der Waals surface area contributed by atoms with Gasteiger partial charge in [0.1, 0.15) is 0 Å². The van der Waals surface area contributed by atoms with E-state index in [1.165, 1.54) is 5.56 Å². The molecule has 106 valence electrons. The molecule has 4 rings (SSSR count). The summed E-state index contributed by atoms with van der Waals surface area (Å²) in [4.78, 5) is 5.75. The van der Waals surface area contributed by atoms with Crippen LogP contribution in [0.5, 0.6) is 0 Å². The maximum Gasteiger partial charge on any atom is 0.207 e. The molecule has 0 fully saturated rings. The number of nitrogens with one attached hydrogen (secondary N) is 1. The predicted molar refractivity (Wildman–Crippen MR) is 87.6 cm³/mol. The van der Waals surface area contributed by atoms with E-state index in [4.69, 9.17) is 4.84 Å². The van der Waals surface area contributed by atoms with Crippen LogP contribution >= 0.6 is 15.9 Å². The van der Waals surface area contributed by atoms with E-state index in [0.29, 0.717) is 0 Å². The number of fused-ring (bicyclic) bond motifs is 3. The average Bonchev–Trinajstić information content (AvgIpc) is 2.80. The molecular formula is C17H15BrN2O. The summed E-state index contributed by atoms with van der Waals surface area (Å²) in [5, 5.41) is 7.76. The van der Waals surface area contributed by atoms with E-state index in [9.17, 15) is 0 Å². The van der Waals surface area contributed by atoms with Gasteiger partial charge in [-0.1, -0.05) is 51.4 Å². The largest absolute Gasteiger partial charge is 0.370 e. The van der Waals surface area contributed by atoms with Gasteiger partial charge in [-0.25, -0.2) is 0 Å². The molecule has 2 aliphatic heterocycles. The molecule has 2 atom stereocenters. The fraction of sp³-hybridized carbons (Fsp3) is 0.235. The third-order valence-corrected chi connectivity index (χ3v) is 4.92. The van der Waals surface area contributed by atoms with Crippen LogP contribution in [0.2, 0.25) is 0 Å². The normalized spacial score (nSPS) is 26.2. The Morgan fingerprint density at radius 3 is 2.76 bits per heavy atom. The van der Waals surface area contributed by atoms with Gasteiger partial charge in [0.25, 0.3) is 0 Å². The van der Waals surface area contributed by atoms with Gasteiger partial charge in [-0.15, -0.1) is 0 Å². The van der Waals surface area contributed by atoms with Crippen LogP contribution in [0.4, 0.5) is 5.69 Å². The smallest absolute Gasteiger partial charge is 0.207 e. The van der Waals surface area contributed by atoms with Crippen molar-refractivity contribution in [2.24, 2.45) is 5.16 Å². The van der Waals surface area contributed by atoms with Gasteiger partial charge in [0.05, 0.1) is 11.1 Å². The summed E-state index contributed by atoms with van der Waals surface area (Å²) < 4.78 is 1.07. The van der Waals surface area contributed by atoms with Gasteiger partial charge in [-0.3, -0.25) is 0 Å². The molecule has 0 aliphatic carbocycles. The second-order valence-corrected chi connectivity index (χ2v) is 6.73. The first-order chi connectivity index (χ1) is 10.2. The second-order valence-electron chi connectivity index (χ2n) is 5.81. The summed E-state index contributed by atoms with van der Waals surface area (Å²) in [6.07, 6.45) is 0.776. The van der Waals surface area contributed by atoms with Gasteiger partial charge < -0.3 is 10.2 Å². The number of hydrogen-bond acceptors (Lipinski definition) is 3. The van der Waals surface area contributed by atoms with Crippen LogP contribution in [-0.4, -0.2) is 11.9 Å².